The maximum absolute atomic E-state index is 13.4. The molecule has 39 heavy (non-hydrogen) atoms. The van der Waals surface area contributed by atoms with Crippen LogP contribution in [0.2, 0.25) is 10.0 Å². The number of methoxy groups -OCH3 is 2. The van der Waals surface area contributed by atoms with Crippen molar-refractivity contribution < 1.29 is 22.7 Å². The van der Waals surface area contributed by atoms with Crippen LogP contribution in [-0.4, -0.2) is 95.6 Å². The van der Waals surface area contributed by atoms with Crippen LogP contribution in [0.5, 0.6) is 0 Å². The van der Waals surface area contributed by atoms with Gasteiger partial charge in [0, 0.05) is 40.9 Å². The zero-order chi connectivity index (χ0) is 28.4. The van der Waals surface area contributed by atoms with Gasteiger partial charge >= 0.3 is 10.2 Å². The topological polar surface area (TPSA) is 91.4 Å². The van der Waals surface area contributed by atoms with Crippen molar-refractivity contribution in [1.29, 1.82) is 0 Å². The third-order valence-electron chi connectivity index (χ3n) is 6.78. The van der Waals surface area contributed by atoms with Gasteiger partial charge in [-0.1, -0.05) is 41.4 Å². The molecule has 12 heteroatoms. The molecule has 0 aromatic heterocycles. The number of nitrogens with one attached hydrogen (secondary N) is 1. The van der Waals surface area contributed by atoms with Crippen molar-refractivity contribution >= 4 is 45.0 Å². The van der Waals surface area contributed by atoms with Gasteiger partial charge in [0.2, 0.25) is 5.91 Å². The molecule has 0 saturated carbocycles. The highest BCUT2D eigenvalue weighted by molar-refractivity contribution is 7.90. The number of hydrogen-bond acceptors (Lipinski definition) is 6. The van der Waals surface area contributed by atoms with E-state index < -0.39 is 10.2 Å². The van der Waals surface area contributed by atoms with Gasteiger partial charge in [-0.05, 0) is 61.3 Å². The number of carbonyl (C=O) groups excluding carboxylic acids is 1. The first-order valence-electron chi connectivity index (χ1n) is 12.9. The number of carbonyl (C=O) groups is 1. The Kier molecular flexibility index (Phi) is 12.3. The van der Waals surface area contributed by atoms with Gasteiger partial charge in [-0.3, -0.25) is 9.52 Å². The van der Waals surface area contributed by atoms with E-state index >= 15 is 0 Å². The molecule has 1 amide bonds. The highest BCUT2D eigenvalue weighted by Crippen LogP contribution is 2.28. The standard InChI is InChI=1S/C27H38Cl2N4O5S/c1-31(27(34)18-21-9-10-24(28)25(29)17-21)26(20-32-11-4-5-12-32)22-7-6-8-23(19-22)30-39(35,36)33(13-15-37-2)14-16-38-3/h6-10,17,19,26,30H,4-5,11-16,18,20H2,1-3H3/t26-/m1/s1. The molecule has 2 aromatic rings. The molecule has 0 radical (unpaired) electrons. The molecular weight excluding hydrogens is 563 g/mol. The minimum absolute atomic E-state index is 0.0751. The number of likely N-dealkylation sites (tertiary alicyclic amines) is 1. The maximum Gasteiger partial charge on any atom is 0.301 e. The van der Waals surface area contributed by atoms with Gasteiger partial charge in [-0.15, -0.1) is 0 Å². The normalized spacial score (nSPS) is 15.0. The predicted molar refractivity (Wildman–Crippen MR) is 156 cm³/mol. The zero-order valence-electron chi connectivity index (χ0n) is 22.7. The fraction of sp³-hybridized carbons (Fsp3) is 0.519. The average molecular weight is 602 g/mol. The minimum atomic E-state index is -3.86. The number of benzene rings is 2. The van der Waals surface area contributed by atoms with Crippen molar-refractivity contribution in [1.82, 2.24) is 14.1 Å². The van der Waals surface area contributed by atoms with Crippen molar-refractivity contribution in [2.45, 2.75) is 25.3 Å². The van der Waals surface area contributed by atoms with Crippen molar-refractivity contribution in [2.24, 2.45) is 0 Å². The molecule has 1 saturated heterocycles. The lowest BCUT2D eigenvalue weighted by molar-refractivity contribution is -0.131. The first kappa shape index (κ1) is 31.6. The summed E-state index contributed by atoms with van der Waals surface area (Å²) in [5.74, 6) is -0.0751. The zero-order valence-corrected chi connectivity index (χ0v) is 25.1. The Morgan fingerprint density at radius 2 is 1.69 bits per heavy atom. The number of halogens is 2. The Morgan fingerprint density at radius 1 is 1.03 bits per heavy atom. The second kappa shape index (κ2) is 15.2. The van der Waals surface area contributed by atoms with Crippen LogP contribution >= 0.6 is 23.2 Å². The largest absolute Gasteiger partial charge is 0.383 e. The molecule has 1 atom stereocenters. The third-order valence-corrected chi connectivity index (χ3v) is 9.06. The Labute approximate surface area is 242 Å². The number of rotatable bonds is 15. The van der Waals surface area contributed by atoms with Gasteiger partial charge in [0.1, 0.15) is 0 Å². The van der Waals surface area contributed by atoms with E-state index in [9.17, 15) is 13.2 Å². The number of likely N-dealkylation sites (N-methyl/N-ethyl adjacent to an activating group) is 1. The summed E-state index contributed by atoms with van der Waals surface area (Å²) in [6, 6.07) is 12.1. The smallest absolute Gasteiger partial charge is 0.301 e. The fourth-order valence-electron chi connectivity index (χ4n) is 4.55. The van der Waals surface area contributed by atoms with Crippen molar-refractivity contribution in [3.63, 3.8) is 0 Å². The van der Waals surface area contributed by atoms with Crippen LogP contribution in [0.15, 0.2) is 42.5 Å². The van der Waals surface area contributed by atoms with Gasteiger partial charge in [0.25, 0.3) is 0 Å². The first-order chi connectivity index (χ1) is 18.6. The highest BCUT2D eigenvalue weighted by atomic mass is 35.5. The van der Waals surface area contributed by atoms with Gasteiger partial charge in [0.05, 0.1) is 41.4 Å². The summed E-state index contributed by atoms with van der Waals surface area (Å²) < 4.78 is 40.5. The minimum Gasteiger partial charge on any atom is -0.383 e. The Hall–Kier alpha value is -1.92. The molecule has 2 aromatic carbocycles. The monoisotopic (exact) mass is 600 g/mol. The lowest BCUT2D eigenvalue weighted by Gasteiger charge is -2.32. The fourth-order valence-corrected chi connectivity index (χ4v) is 6.05. The summed E-state index contributed by atoms with van der Waals surface area (Å²) in [6.07, 6.45) is 2.41. The molecule has 9 nitrogen and oxygen atoms in total. The molecule has 1 aliphatic rings. The molecule has 0 bridgehead atoms. The van der Waals surface area contributed by atoms with Gasteiger partial charge < -0.3 is 19.3 Å². The van der Waals surface area contributed by atoms with E-state index in [1.165, 1.54) is 18.5 Å². The predicted octanol–water partition coefficient (Wildman–Crippen LogP) is 4.08. The number of ether oxygens (including phenoxy) is 2. The number of nitrogens with zero attached hydrogens (tertiary/aromatic N) is 3. The molecule has 3 rings (SSSR count). The van der Waals surface area contributed by atoms with E-state index in [0.29, 0.717) is 22.3 Å². The van der Waals surface area contributed by atoms with E-state index in [4.69, 9.17) is 32.7 Å². The second-order valence-electron chi connectivity index (χ2n) is 9.57. The van der Waals surface area contributed by atoms with Crippen molar-refractivity contribution in [3.8, 4) is 0 Å². The third kappa shape index (κ3) is 9.31. The maximum atomic E-state index is 13.4. The second-order valence-corrected chi connectivity index (χ2v) is 12.1. The van der Waals surface area contributed by atoms with Crippen LogP contribution in [0.1, 0.15) is 30.0 Å². The van der Waals surface area contributed by atoms with E-state index in [2.05, 4.69) is 9.62 Å². The van der Waals surface area contributed by atoms with Gasteiger partial charge in [-0.2, -0.15) is 12.7 Å². The summed E-state index contributed by atoms with van der Waals surface area (Å²) in [6.45, 7) is 3.48. The lowest BCUT2D eigenvalue weighted by atomic mass is 10.0. The molecular formula is C27H38Cl2N4O5S. The van der Waals surface area contributed by atoms with Crippen LogP contribution in [0.4, 0.5) is 5.69 Å². The van der Waals surface area contributed by atoms with E-state index in [1.807, 2.05) is 6.07 Å². The molecule has 0 aliphatic carbocycles. The summed E-state index contributed by atoms with van der Waals surface area (Å²) in [7, 11) is 0.977. The number of hydrogen-bond donors (Lipinski definition) is 1. The van der Waals surface area contributed by atoms with Gasteiger partial charge in [0.15, 0.2) is 0 Å². The lowest BCUT2D eigenvalue weighted by Crippen LogP contribution is -2.40. The summed E-state index contributed by atoms with van der Waals surface area (Å²) in [5.41, 5.74) is 2.03. The average Bonchev–Trinajstić information content (AvgIpc) is 3.42. The number of anilines is 1. The van der Waals surface area contributed by atoms with Crippen LogP contribution in [-0.2, 0) is 30.9 Å². The van der Waals surface area contributed by atoms with E-state index in [-0.39, 0.29) is 44.7 Å². The molecule has 216 valence electrons. The molecule has 0 unspecified atom stereocenters. The molecule has 1 heterocycles. The number of amides is 1. The van der Waals surface area contributed by atoms with Crippen molar-refractivity contribution in [3.05, 3.63) is 63.6 Å². The van der Waals surface area contributed by atoms with Gasteiger partial charge in [-0.25, -0.2) is 0 Å². The first-order valence-corrected chi connectivity index (χ1v) is 15.1. The summed E-state index contributed by atoms with van der Waals surface area (Å²) in [4.78, 5) is 17.5. The molecule has 0 spiro atoms. The molecule has 1 aliphatic heterocycles. The van der Waals surface area contributed by atoms with Crippen LogP contribution < -0.4 is 4.72 Å². The van der Waals surface area contributed by atoms with Crippen LogP contribution in [0, 0.1) is 0 Å². The summed E-state index contributed by atoms with van der Waals surface area (Å²) >= 11 is 12.2. The SMILES string of the molecule is COCCN(CCOC)S(=O)(=O)Nc1cccc([C@@H](CN2CCCC2)N(C)C(=O)Cc2ccc(Cl)c(Cl)c2)c1. The quantitative estimate of drug-likeness (QED) is 0.331. The van der Waals surface area contributed by atoms with Crippen LogP contribution in [0.25, 0.3) is 0 Å². The molecule has 1 N–H and O–H groups in total. The molecule has 1 fully saturated rings. The van der Waals surface area contributed by atoms with E-state index in [1.54, 1.807) is 48.3 Å². The van der Waals surface area contributed by atoms with Crippen molar-refractivity contribution in [2.75, 3.05) is 71.9 Å². The van der Waals surface area contributed by atoms with Crippen LogP contribution in [0.3, 0.4) is 0 Å². The summed E-state index contributed by atoms with van der Waals surface area (Å²) in [5, 5.41) is 0.846. The van der Waals surface area contributed by atoms with E-state index in [0.717, 1.165) is 37.1 Å². The highest BCUT2D eigenvalue weighted by Gasteiger charge is 2.27. The Balaban J connectivity index is 1.83. The Bertz CT molecular complexity index is 1190. The Morgan fingerprint density at radius 3 is 2.31 bits per heavy atom.